The highest BCUT2D eigenvalue weighted by molar-refractivity contribution is 5.92. The number of urea groups is 1. The molecule has 0 bridgehead atoms. The minimum absolute atomic E-state index is 0.0436. The summed E-state index contributed by atoms with van der Waals surface area (Å²) in [5.41, 5.74) is 1.45. The first-order valence-corrected chi connectivity index (χ1v) is 7.55. The molecule has 1 aliphatic carbocycles. The Morgan fingerprint density at radius 3 is 2.27 bits per heavy atom. The molecule has 6 nitrogen and oxygen atoms in total. The third-order valence-electron chi connectivity index (χ3n) is 4.02. The molecule has 1 aromatic rings. The molecule has 1 aromatic carbocycles. The second kappa shape index (κ2) is 7.26. The Balaban J connectivity index is 1.85. The maximum atomic E-state index is 11.9. The number of carbonyl (C=O) groups is 2. The molecule has 0 aromatic heterocycles. The van der Waals surface area contributed by atoms with Crippen molar-refractivity contribution in [2.45, 2.75) is 44.8 Å². The standard InChI is InChI=1S/C16H23N3O3/c1-11(20)19(2)14-7-3-12(4-8-14)17-16(22)18-13-5-9-15(21)10-6-13/h3-4,7-8,13,15,21H,5-6,9-10H2,1-2H3,(H2,17,18,22). The molecule has 0 spiro atoms. The van der Waals surface area contributed by atoms with E-state index in [0.29, 0.717) is 5.69 Å². The van der Waals surface area contributed by atoms with Gasteiger partial charge in [0.05, 0.1) is 6.10 Å². The molecule has 3 amide bonds. The summed E-state index contributed by atoms with van der Waals surface area (Å²) in [6.45, 7) is 1.50. The summed E-state index contributed by atoms with van der Waals surface area (Å²) in [5.74, 6) is -0.0436. The van der Waals surface area contributed by atoms with Gasteiger partial charge in [0.25, 0.3) is 0 Å². The lowest BCUT2D eigenvalue weighted by Gasteiger charge is -2.26. The van der Waals surface area contributed by atoms with Crippen LogP contribution in [0.15, 0.2) is 24.3 Å². The molecule has 1 saturated carbocycles. The number of amides is 3. The van der Waals surface area contributed by atoms with Gasteiger partial charge in [-0.1, -0.05) is 0 Å². The topological polar surface area (TPSA) is 81.7 Å². The number of aliphatic hydroxyl groups is 1. The van der Waals surface area contributed by atoms with E-state index in [9.17, 15) is 14.7 Å². The fourth-order valence-electron chi connectivity index (χ4n) is 2.52. The van der Waals surface area contributed by atoms with Crippen molar-refractivity contribution in [2.75, 3.05) is 17.3 Å². The van der Waals surface area contributed by atoms with E-state index in [2.05, 4.69) is 10.6 Å². The molecule has 2 rings (SSSR count). The van der Waals surface area contributed by atoms with E-state index in [1.165, 1.54) is 11.8 Å². The van der Waals surface area contributed by atoms with Gasteiger partial charge < -0.3 is 20.6 Å². The summed E-state index contributed by atoms with van der Waals surface area (Å²) in [4.78, 5) is 24.8. The first-order chi connectivity index (χ1) is 10.5. The van der Waals surface area contributed by atoms with Crippen molar-refractivity contribution in [1.82, 2.24) is 5.32 Å². The van der Waals surface area contributed by atoms with E-state index in [4.69, 9.17) is 0 Å². The van der Waals surface area contributed by atoms with Gasteiger partial charge in [-0.3, -0.25) is 4.79 Å². The number of anilines is 2. The zero-order chi connectivity index (χ0) is 16.1. The first-order valence-electron chi connectivity index (χ1n) is 7.55. The maximum absolute atomic E-state index is 11.9. The Kier molecular flexibility index (Phi) is 5.38. The van der Waals surface area contributed by atoms with E-state index in [1.807, 2.05) is 0 Å². The summed E-state index contributed by atoms with van der Waals surface area (Å²) in [6.07, 6.45) is 2.84. The van der Waals surface area contributed by atoms with Crippen molar-refractivity contribution in [3.05, 3.63) is 24.3 Å². The highest BCUT2D eigenvalue weighted by atomic mass is 16.3. The maximum Gasteiger partial charge on any atom is 0.319 e. The Morgan fingerprint density at radius 1 is 1.14 bits per heavy atom. The van der Waals surface area contributed by atoms with Gasteiger partial charge in [0.15, 0.2) is 0 Å². The molecule has 120 valence electrons. The van der Waals surface area contributed by atoms with Gasteiger partial charge in [0.2, 0.25) is 5.91 Å². The number of hydrogen-bond donors (Lipinski definition) is 3. The highest BCUT2D eigenvalue weighted by Crippen LogP contribution is 2.19. The van der Waals surface area contributed by atoms with Crippen LogP contribution in [-0.4, -0.2) is 36.2 Å². The number of hydrogen-bond acceptors (Lipinski definition) is 3. The lowest BCUT2D eigenvalue weighted by Crippen LogP contribution is -2.40. The molecular formula is C16H23N3O3. The van der Waals surface area contributed by atoms with Crippen molar-refractivity contribution in [2.24, 2.45) is 0 Å². The van der Waals surface area contributed by atoms with Crippen LogP contribution in [0.2, 0.25) is 0 Å². The number of rotatable bonds is 3. The zero-order valence-electron chi connectivity index (χ0n) is 13.0. The quantitative estimate of drug-likeness (QED) is 0.800. The zero-order valence-corrected chi connectivity index (χ0v) is 13.0. The molecule has 1 aliphatic rings. The molecule has 0 aliphatic heterocycles. The predicted octanol–water partition coefficient (Wildman–Crippen LogP) is 2.09. The van der Waals surface area contributed by atoms with Crippen LogP contribution in [0, 0.1) is 0 Å². The fraction of sp³-hybridized carbons (Fsp3) is 0.500. The van der Waals surface area contributed by atoms with Crippen molar-refractivity contribution >= 4 is 23.3 Å². The minimum Gasteiger partial charge on any atom is -0.393 e. The van der Waals surface area contributed by atoms with Crippen LogP contribution in [0.4, 0.5) is 16.2 Å². The van der Waals surface area contributed by atoms with E-state index in [0.717, 1.165) is 31.4 Å². The third-order valence-corrected chi connectivity index (χ3v) is 4.02. The number of nitrogens with zero attached hydrogens (tertiary/aromatic N) is 1. The van der Waals surface area contributed by atoms with Crippen molar-refractivity contribution in [3.8, 4) is 0 Å². The Hall–Kier alpha value is -2.08. The molecule has 0 saturated heterocycles. The fourth-order valence-corrected chi connectivity index (χ4v) is 2.52. The number of carbonyl (C=O) groups excluding carboxylic acids is 2. The van der Waals surface area contributed by atoms with Crippen LogP contribution in [0.3, 0.4) is 0 Å². The van der Waals surface area contributed by atoms with Gasteiger partial charge >= 0.3 is 6.03 Å². The number of aliphatic hydroxyl groups excluding tert-OH is 1. The Morgan fingerprint density at radius 2 is 1.73 bits per heavy atom. The molecule has 3 N–H and O–H groups in total. The molecule has 0 unspecified atom stereocenters. The average Bonchev–Trinajstić information content (AvgIpc) is 2.49. The number of nitrogens with one attached hydrogen (secondary N) is 2. The van der Waals surface area contributed by atoms with Crippen LogP contribution in [0.1, 0.15) is 32.6 Å². The van der Waals surface area contributed by atoms with Crippen LogP contribution in [0.5, 0.6) is 0 Å². The first kappa shape index (κ1) is 16.3. The molecular weight excluding hydrogens is 282 g/mol. The van der Waals surface area contributed by atoms with E-state index in [-0.39, 0.29) is 24.1 Å². The minimum atomic E-state index is -0.242. The second-order valence-electron chi connectivity index (χ2n) is 5.73. The summed E-state index contributed by atoms with van der Waals surface area (Å²) < 4.78 is 0. The van der Waals surface area contributed by atoms with E-state index < -0.39 is 0 Å². The van der Waals surface area contributed by atoms with Crippen LogP contribution < -0.4 is 15.5 Å². The van der Waals surface area contributed by atoms with Gasteiger partial charge in [-0.05, 0) is 49.9 Å². The smallest absolute Gasteiger partial charge is 0.319 e. The van der Waals surface area contributed by atoms with Crippen molar-refractivity contribution < 1.29 is 14.7 Å². The van der Waals surface area contributed by atoms with Gasteiger partial charge in [-0.25, -0.2) is 4.79 Å². The predicted molar refractivity (Wildman–Crippen MR) is 85.9 cm³/mol. The molecule has 0 radical (unpaired) electrons. The van der Waals surface area contributed by atoms with Crippen LogP contribution >= 0.6 is 0 Å². The highest BCUT2D eigenvalue weighted by Gasteiger charge is 2.20. The van der Waals surface area contributed by atoms with E-state index >= 15 is 0 Å². The Labute approximate surface area is 130 Å². The summed E-state index contributed by atoms with van der Waals surface area (Å²) in [5, 5.41) is 15.1. The Bertz CT molecular complexity index is 522. The largest absolute Gasteiger partial charge is 0.393 e. The van der Waals surface area contributed by atoms with Gasteiger partial charge in [-0.15, -0.1) is 0 Å². The van der Waals surface area contributed by atoms with Crippen molar-refractivity contribution in [3.63, 3.8) is 0 Å². The lowest BCUT2D eigenvalue weighted by molar-refractivity contribution is -0.116. The monoisotopic (exact) mass is 305 g/mol. The molecule has 1 fully saturated rings. The van der Waals surface area contributed by atoms with E-state index in [1.54, 1.807) is 31.3 Å². The molecule has 6 heteroatoms. The van der Waals surface area contributed by atoms with Crippen molar-refractivity contribution in [1.29, 1.82) is 0 Å². The SMILES string of the molecule is CC(=O)N(C)c1ccc(NC(=O)NC2CCC(O)CC2)cc1. The number of benzene rings is 1. The van der Waals surface area contributed by atoms with Gasteiger partial charge in [0.1, 0.15) is 0 Å². The summed E-state index contributed by atoms with van der Waals surface area (Å²) >= 11 is 0. The average molecular weight is 305 g/mol. The molecule has 0 heterocycles. The summed E-state index contributed by atoms with van der Waals surface area (Å²) in [7, 11) is 1.70. The second-order valence-corrected chi connectivity index (χ2v) is 5.73. The van der Waals surface area contributed by atoms with Crippen LogP contribution in [-0.2, 0) is 4.79 Å². The lowest BCUT2D eigenvalue weighted by atomic mass is 9.93. The normalized spacial score (nSPS) is 21.0. The summed E-state index contributed by atoms with van der Waals surface area (Å²) in [6, 6.07) is 6.97. The van der Waals surface area contributed by atoms with Gasteiger partial charge in [-0.2, -0.15) is 0 Å². The third kappa shape index (κ3) is 4.46. The van der Waals surface area contributed by atoms with Gasteiger partial charge in [0, 0.05) is 31.4 Å². The molecule has 22 heavy (non-hydrogen) atoms. The van der Waals surface area contributed by atoms with Crippen LogP contribution in [0.25, 0.3) is 0 Å². The molecule has 0 atom stereocenters.